The Morgan fingerprint density at radius 2 is 1.65 bits per heavy atom. The molecule has 6 nitrogen and oxygen atoms in total. The van der Waals surface area contributed by atoms with Crippen LogP contribution in [0.15, 0.2) is 41.6 Å². The number of sulfone groups is 1. The topological polar surface area (TPSA) is 80.2 Å². The highest BCUT2D eigenvalue weighted by atomic mass is 32.2. The van der Waals surface area contributed by atoms with Gasteiger partial charge in [0.05, 0.1) is 27.6 Å². The summed E-state index contributed by atoms with van der Waals surface area (Å²) in [7, 11) is -4.27. The Hall–Kier alpha value is -2.70. The Bertz CT molecular complexity index is 1150. The number of nitrogens with zero attached hydrogens (tertiary/aromatic N) is 3. The zero-order valence-corrected chi connectivity index (χ0v) is 18.2. The van der Waals surface area contributed by atoms with Gasteiger partial charge in [-0.2, -0.15) is 26.3 Å². The maximum Gasteiger partial charge on any atom is 0.434 e. The van der Waals surface area contributed by atoms with Crippen LogP contribution in [-0.2, 0) is 27.0 Å². The smallest absolute Gasteiger partial charge is 0.296 e. The molecule has 188 valence electrons. The van der Waals surface area contributed by atoms with Crippen molar-refractivity contribution >= 4 is 21.6 Å². The lowest BCUT2D eigenvalue weighted by atomic mass is 9.85. The Morgan fingerprint density at radius 3 is 2.15 bits per heavy atom. The molecule has 1 saturated heterocycles. The second-order valence-corrected chi connectivity index (χ2v) is 10.7. The molecule has 3 rings (SSSR count). The van der Waals surface area contributed by atoms with Crippen LogP contribution in [0.2, 0.25) is 0 Å². The number of carbonyl (C=O) groups excluding carboxylic acids is 1. The van der Waals surface area contributed by atoms with Crippen molar-refractivity contribution < 1.29 is 39.6 Å². The number of hydrogen-bond acceptors (Lipinski definition) is 5. The van der Waals surface area contributed by atoms with Gasteiger partial charge in [-0.15, -0.1) is 0 Å². The summed E-state index contributed by atoms with van der Waals surface area (Å²) in [6, 6.07) is 3.40. The van der Waals surface area contributed by atoms with Gasteiger partial charge in [0.2, 0.25) is 5.91 Å². The predicted molar refractivity (Wildman–Crippen MR) is 112 cm³/mol. The molecular weight excluding hydrogens is 488 g/mol. The quantitative estimate of drug-likeness (QED) is 0.531. The first-order valence-electron chi connectivity index (χ1n) is 9.66. The Morgan fingerprint density at radius 1 is 1.00 bits per heavy atom. The first-order chi connectivity index (χ1) is 15.0. The molecule has 1 aromatic heterocycles. The molecule has 1 atom stereocenters. The SMILES string of the molecule is C.CC(C)([C@H]1CCN(c2cnc(C(F)(F)F)cn2)C(=O)C1)S(=O)(=O)c1cccc(C(F)(F)F)c1. The van der Waals surface area contributed by atoms with Crippen molar-refractivity contribution in [2.24, 2.45) is 5.92 Å². The van der Waals surface area contributed by atoms with Gasteiger partial charge >= 0.3 is 12.4 Å². The van der Waals surface area contributed by atoms with Gasteiger partial charge in [-0.25, -0.2) is 18.4 Å². The van der Waals surface area contributed by atoms with Crippen molar-refractivity contribution in [3.05, 3.63) is 47.9 Å². The first kappa shape index (κ1) is 27.5. The molecule has 0 aliphatic carbocycles. The number of anilines is 1. The molecule has 1 amide bonds. The van der Waals surface area contributed by atoms with Crippen molar-refractivity contribution in [1.82, 2.24) is 9.97 Å². The number of hydrogen-bond donors (Lipinski definition) is 0. The van der Waals surface area contributed by atoms with Gasteiger partial charge in [0.15, 0.2) is 21.3 Å². The summed E-state index contributed by atoms with van der Waals surface area (Å²) in [5.41, 5.74) is -2.33. The van der Waals surface area contributed by atoms with Crippen LogP contribution >= 0.6 is 0 Å². The van der Waals surface area contributed by atoms with E-state index in [1.165, 1.54) is 13.8 Å². The second kappa shape index (κ2) is 9.16. The van der Waals surface area contributed by atoms with Crippen LogP contribution in [0.1, 0.15) is 45.4 Å². The van der Waals surface area contributed by atoms with Crippen LogP contribution in [0.25, 0.3) is 0 Å². The van der Waals surface area contributed by atoms with E-state index in [1.807, 2.05) is 0 Å². The molecule has 2 heterocycles. The zero-order chi connectivity index (χ0) is 24.8. The Balaban J connectivity index is 0.00000408. The molecule has 2 aromatic rings. The van der Waals surface area contributed by atoms with E-state index in [0.29, 0.717) is 12.3 Å². The summed E-state index contributed by atoms with van der Waals surface area (Å²) in [4.78, 5) is 20.2. The lowest BCUT2D eigenvalue weighted by Crippen LogP contribution is -2.49. The highest BCUT2D eigenvalue weighted by molar-refractivity contribution is 7.92. The van der Waals surface area contributed by atoms with E-state index >= 15 is 0 Å². The van der Waals surface area contributed by atoms with Crippen molar-refractivity contribution in [2.75, 3.05) is 11.4 Å². The van der Waals surface area contributed by atoms with E-state index in [2.05, 4.69) is 9.97 Å². The standard InChI is InChI=1S/C20H19F6N3O3S.CH4/c1-18(2,33(31,32)14-5-3-4-13(8-14)19(21,22)23)12-6-7-29(17(30)9-12)16-11-27-15(10-28-16)20(24,25)26;/h3-5,8,10-12H,6-7,9H2,1-2H3;1H4/t12-;/m0./s1. The summed E-state index contributed by atoms with van der Waals surface area (Å²) >= 11 is 0. The number of rotatable bonds is 4. The minimum Gasteiger partial charge on any atom is -0.296 e. The lowest BCUT2D eigenvalue weighted by molar-refractivity contribution is -0.141. The van der Waals surface area contributed by atoms with Gasteiger partial charge in [0, 0.05) is 13.0 Å². The van der Waals surface area contributed by atoms with Gasteiger partial charge in [0.1, 0.15) is 0 Å². The van der Waals surface area contributed by atoms with Crippen molar-refractivity contribution in [2.45, 2.75) is 56.1 Å². The molecule has 1 aliphatic heterocycles. The molecule has 0 unspecified atom stereocenters. The summed E-state index contributed by atoms with van der Waals surface area (Å²) in [6.45, 7) is 2.65. The number of piperidine rings is 1. The minimum atomic E-state index is -4.72. The van der Waals surface area contributed by atoms with Crippen molar-refractivity contribution in [1.29, 1.82) is 0 Å². The summed E-state index contributed by atoms with van der Waals surface area (Å²) < 4.78 is 102. The zero-order valence-electron chi connectivity index (χ0n) is 17.4. The molecule has 0 saturated carbocycles. The van der Waals surface area contributed by atoms with E-state index in [-0.39, 0.29) is 32.6 Å². The Kier molecular flexibility index (Phi) is 7.42. The second-order valence-electron chi connectivity index (χ2n) is 8.13. The average Bonchev–Trinajstić information content (AvgIpc) is 2.72. The van der Waals surface area contributed by atoms with E-state index in [9.17, 15) is 39.6 Å². The molecular formula is C21H23F6N3O3S. The number of carbonyl (C=O) groups is 1. The summed E-state index contributed by atoms with van der Waals surface area (Å²) in [5.74, 6) is -1.43. The Labute approximate surface area is 192 Å². The van der Waals surface area contributed by atoms with Crippen LogP contribution < -0.4 is 4.90 Å². The van der Waals surface area contributed by atoms with Crippen LogP contribution in [0, 0.1) is 5.92 Å². The number of amides is 1. The number of halogens is 6. The molecule has 0 radical (unpaired) electrons. The molecule has 0 bridgehead atoms. The van der Waals surface area contributed by atoms with Gasteiger partial charge in [0.25, 0.3) is 0 Å². The molecule has 0 N–H and O–H groups in total. The third-order valence-electron chi connectivity index (χ3n) is 5.78. The van der Waals surface area contributed by atoms with Gasteiger partial charge in [-0.3, -0.25) is 9.69 Å². The van der Waals surface area contributed by atoms with Gasteiger partial charge in [-0.05, 0) is 44.4 Å². The highest BCUT2D eigenvalue weighted by Crippen LogP contribution is 2.40. The number of alkyl halides is 6. The molecule has 34 heavy (non-hydrogen) atoms. The minimum absolute atomic E-state index is 0. The molecule has 1 fully saturated rings. The molecule has 1 aromatic carbocycles. The average molecular weight is 511 g/mol. The fourth-order valence-corrected chi connectivity index (χ4v) is 5.43. The molecule has 0 spiro atoms. The normalized spacial score (nSPS) is 17.9. The largest absolute Gasteiger partial charge is 0.434 e. The third kappa shape index (κ3) is 5.18. The fraction of sp³-hybridized carbons (Fsp3) is 0.476. The van der Waals surface area contributed by atoms with Crippen LogP contribution in [-0.4, -0.2) is 35.6 Å². The number of aromatic nitrogens is 2. The predicted octanol–water partition coefficient (Wildman–Crippen LogP) is 5.15. The molecule has 1 aliphatic rings. The van der Waals surface area contributed by atoms with E-state index in [1.54, 1.807) is 0 Å². The van der Waals surface area contributed by atoms with E-state index in [4.69, 9.17) is 0 Å². The van der Waals surface area contributed by atoms with Crippen LogP contribution in [0.5, 0.6) is 0 Å². The maximum absolute atomic E-state index is 13.2. The fourth-order valence-electron chi connectivity index (χ4n) is 3.64. The van der Waals surface area contributed by atoms with Crippen LogP contribution in [0.4, 0.5) is 32.2 Å². The van der Waals surface area contributed by atoms with E-state index in [0.717, 1.165) is 29.3 Å². The molecule has 13 heteroatoms. The maximum atomic E-state index is 13.2. The van der Waals surface area contributed by atoms with Gasteiger partial charge in [-0.1, -0.05) is 13.5 Å². The third-order valence-corrected chi connectivity index (χ3v) is 8.37. The van der Waals surface area contributed by atoms with Gasteiger partial charge < -0.3 is 0 Å². The lowest BCUT2D eigenvalue weighted by Gasteiger charge is -2.39. The van der Waals surface area contributed by atoms with Crippen molar-refractivity contribution in [3.63, 3.8) is 0 Å². The monoisotopic (exact) mass is 511 g/mol. The van der Waals surface area contributed by atoms with Crippen LogP contribution in [0.3, 0.4) is 0 Å². The van der Waals surface area contributed by atoms with Crippen molar-refractivity contribution in [3.8, 4) is 0 Å². The summed E-state index contributed by atoms with van der Waals surface area (Å²) in [6.07, 6.45) is -8.25. The van der Waals surface area contributed by atoms with E-state index < -0.39 is 54.9 Å². The highest BCUT2D eigenvalue weighted by Gasteiger charge is 2.46. The first-order valence-corrected chi connectivity index (χ1v) is 11.1. The summed E-state index contributed by atoms with van der Waals surface area (Å²) in [5, 5.41) is 0. The number of benzene rings is 1.